The van der Waals surface area contributed by atoms with Crippen molar-refractivity contribution in [1.29, 1.82) is 0 Å². The summed E-state index contributed by atoms with van der Waals surface area (Å²) in [6.45, 7) is 2.51. The van der Waals surface area contributed by atoms with Gasteiger partial charge in [-0.25, -0.2) is 0 Å². The van der Waals surface area contributed by atoms with Gasteiger partial charge in [-0.15, -0.1) is 0 Å². The van der Waals surface area contributed by atoms with Crippen LogP contribution in [0, 0.1) is 0 Å². The molecule has 78 valence electrons. The number of nitrogen functional groups attached to an aromatic ring is 1. The van der Waals surface area contributed by atoms with Gasteiger partial charge in [0.2, 0.25) is 0 Å². The number of benzene rings is 1. The number of carbonyl (C=O) groups is 1. The summed E-state index contributed by atoms with van der Waals surface area (Å²) in [7, 11) is 0. The van der Waals surface area contributed by atoms with Crippen LogP contribution in [0.1, 0.15) is 17.3 Å². The smallest absolute Gasteiger partial charge is 0.253 e. The number of amides is 1. The van der Waals surface area contributed by atoms with Crippen LogP contribution in [0.5, 0.6) is 0 Å². The molecule has 0 radical (unpaired) electrons. The van der Waals surface area contributed by atoms with E-state index in [1.165, 1.54) is 0 Å². The molecule has 1 aromatic heterocycles. The molecule has 4 heteroatoms. The zero-order valence-electron chi connectivity index (χ0n) is 8.50. The molecule has 0 saturated carbocycles. The van der Waals surface area contributed by atoms with E-state index in [9.17, 15) is 4.79 Å². The van der Waals surface area contributed by atoms with Crippen molar-refractivity contribution < 1.29 is 4.79 Å². The van der Waals surface area contributed by atoms with Crippen LogP contribution in [0.25, 0.3) is 10.9 Å². The van der Waals surface area contributed by atoms with Crippen LogP contribution in [0.15, 0.2) is 24.4 Å². The average Bonchev–Trinajstić information content (AvgIpc) is 2.60. The lowest BCUT2D eigenvalue weighted by molar-refractivity contribution is 0.0957. The van der Waals surface area contributed by atoms with E-state index < -0.39 is 0 Å². The molecule has 0 unspecified atom stereocenters. The lowest BCUT2D eigenvalue weighted by Crippen LogP contribution is -2.22. The van der Waals surface area contributed by atoms with Crippen LogP contribution in [0.3, 0.4) is 0 Å². The van der Waals surface area contributed by atoms with Crippen molar-refractivity contribution in [3.05, 3.63) is 30.0 Å². The number of nitrogens with one attached hydrogen (secondary N) is 2. The second kappa shape index (κ2) is 3.65. The minimum absolute atomic E-state index is 0.0747. The Morgan fingerprint density at radius 1 is 1.53 bits per heavy atom. The van der Waals surface area contributed by atoms with Gasteiger partial charge in [0.25, 0.3) is 5.91 Å². The number of nitrogens with two attached hydrogens (primary N) is 1. The maximum Gasteiger partial charge on any atom is 0.253 e. The molecule has 1 aromatic carbocycles. The van der Waals surface area contributed by atoms with Crippen molar-refractivity contribution in [2.24, 2.45) is 0 Å². The standard InChI is InChI=1S/C11H13N3O/c1-2-13-11(15)9-6-14-10-4-3-7(12)5-8(9)10/h3-6,14H,2,12H2,1H3,(H,13,15). The van der Waals surface area contributed by atoms with Gasteiger partial charge >= 0.3 is 0 Å². The van der Waals surface area contributed by atoms with Gasteiger partial charge in [0.05, 0.1) is 5.56 Å². The maximum absolute atomic E-state index is 11.7. The third kappa shape index (κ3) is 1.66. The minimum atomic E-state index is -0.0747. The number of anilines is 1. The Morgan fingerprint density at radius 2 is 2.33 bits per heavy atom. The van der Waals surface area contributed by atoms with Crippen LogP contribution in [-0.4, -0.2) is 17.4 Å². The van der Waals surface area contributed by atoms with Crippen molar-refractivity contribution >= 4 is 22.5 Å². The molecule has 0 saturated heterocycles. The van der Waals surface area contributed by atoms with Gasteiger partial charge < -0.3 is 16.0 Å². The van der Waals surface area contributed by atoms with Crippen LogP contribution >= 0.6 is 0 Å². The first-order valence-electron chi connectivity index (χ1n) is 4.87. The molecule has 0 aliphatic heterocycles. The second-order valence-electron chi connectivity index (χ2n) is 3.37. The third-order valence-electron chi connectivity index (χ3n) is 2.29. The molecule has 1 amide bonds. The lowest BCUT2D eigenvalue weighted by atomic mass is 10.1. The fourth-order valence-electron chi connectivity index (χ4n) is 1.58. The summed E-state index contributed by atoms with van der Waals surface area (Å²) in [5.74, 6) is -0.0747. The lowest BCUT2D eigenvalue weighted by Gasteiger charge is -2.00. The van der Waals surface area contributed by atoms with Gasteiger partial charge in [0.1, 0.15) is 0 Å². The van der Waals surface area contributed by atoms with Crippen LogP contribution in [0.2, 0.25) is 0 Å². The average molecular weight is 203 g/mol. The Labute approximate surface area is 87.5 Å². The fraction of sp³-hybridized carbons (Fsp3) is 0.182. The van der Waals surface area contributed by atoms with Gasteiger partial charge in [-0.3, -0.25) is 4.79 Å². The van der Waals surface area contributed by atoms with E-state index in [1.54, 1.807) is 18.3 Å². The van der Waals surface area contributed by atoms with Gasteiger partial charge in [0.15, 0.2) is 0 Å². The first-order chi connectivity index (χ1) is 7.22. The number of hydrogen-bond donors (Lipinski definition) is 3. The van der Waals surface area contributed by atoms with E-state index in [0.29, 0.717) is 17.8 Å². The van der Waals surface area contributed by atoms with Gasteiger partial charge in [-0.2, -0.15) is 0 Å². The van der Waals surface area contributed by atoms with Gasteiger partial charge in [-0.05, 0) is 25.1 Å². The molecular formula is C11H13N3O. The zero-order chi connectivity index (χ0) is 10.8. The summed E-state index contributed by atoms with van der Waals surface area (Å²) in [6, 6.07) is 5.48. The molecule has 0 atom stereocenters. The molecule has 15 heavy (non-hydrogen) atoms. The first-order valence-corrected chi connectivity index (χ1v) is 4.87. The molecule has 0 spiro atoms. The largest absolute Gasteiger partial charge is 0.399 e. The summed E-state index contributed by atoms with van der Waals surface area (Å²) in [6.07, 6.45) is 1.70. The molecule has 0 aliphatic rings. The number of fused-ring (bicyclic) bond motifs is 1. The van der Waals surface area contributed by atoms with Gasteiger partial charge in [0, 0.05) is 29.3 Å². The van der Waals surface area contributed by atoms with Crippen molar-refractivity contribution in [1.82, 2.24) is 10.3 Å². The Balaban J connectivity index is 2.52. The van der Waals surface area contributed by atoms with Crippen LogP contribution < -0.4 is 11.1 Å². The number of carbonyl (C=O) groups excluding carboxylic acids is 1. The van der Waals surface area contributed by atoms with Crippen LogP contribution in [-0.2, 0) is 0 Å². The highest BCUT2D eigenvalue weighted by Gasteiger charge is 2.10. The molecule has 0 fully saturated rings. The summed E-state index contributed by atoms with van der Waals surface area (Å²) in [5.41, 5.74) is 7.90. The van der Waals surface area contributed by atoms with Crippen LogP contribution in [0.4, 0.5) is 5.69 Å². The highest BCUT2D eigenvalue weighted by Crippen LogP contribution is 2.20. The molecule has 2 rings (SSSR count). The predicted octanol–water partition coefficient (Wildman–Crippen LogP) is 1.50. The fourth-order valence-corrected chi connectivity index (χ4v) is 1.58. The topological polar surface area (TPSA) is 70.9 Å². The zero-order valence-corrected chi connectivity index (χ0v) is 8.50. The van der Waals surface area contributed by atoms with E-state index in [-0.39, 0.29) is 5.91 Å². The summed E-state index contributed by atoms with van der Waals surface area (Å²) in [4.78, 5) is 14.7. The monoisotopic (exact) mass is 203 g/mol. The van der Waals surface area contributed by atoms with E-state index in [2.05, 4.69) is 10.3 Å². The summed E-state index contributed by atoms with van der Waals surface area (Å²) in [5, 5.41) is 3.62. The summed E-state index contributed by atoms with van der Waals surface area (Å²) >= 11 is 0. The molecule has 4 nitrogen and oxygen atoms in total. The number of hydrogen-bond acceptors (Lipinski definition) is 2. The number of aromatic amines is 1. The molecule has 0 bridgehead atoms. The maximum atomic E-state index is 11.7. The number of rotatable bonds is 2. The molecule has 4 N–H and O–H groups in total. The molecule has 2 aromatic rings. The van der Waals surface area contributed by atoms with Gasteiger partial charge in [-0.1, -0.05) is 0 Å². The SMILES string of the molecule is CCNC(=O)c1c[nH]c2ccc(N)cc12. The minimum Gasteiger partial charge on any atom is -0.399 e. The Bertz CT molecular complexity index is 502. The van der Waals surface area contributed by atoms with Crippen molar-refractivity contribution in [2.75, 3.05) is 12.3 Å². The summed E-state index contributed by atoms with van der Waals surface area (Å²) < 4.78 is 0. The van der Waals surface area contributed by atoms with E-state index >= 15 is 0 Å². The third-order valence-corrected chi connectivity index (χ3v) is 2.29. The van der Waals surface area contributed by atoms with E-state index in [0.717, 1.165) is 10.9 Å². The van der Waals surface area contributed by atoms with Crippen molar-refractivity contribution in [2.45, 2.75) is 6.92 Å². The van der Waals surface area contributed by atoms with E-state index in [4.69, 9.17) is 5.73 Å². The molecule has 1 heterocycles. The highest BCUT2D eigenvalue weighted by molar-refractivity contribution is 6.07. The second-order valence-corrected chi connectivity index (χ2v) is 3.37. The quantitative estimate of drug-likeness (QED) is 0.647. The van der Waals surface area contributed by atoms with E-state index in [1.807, 2.05) is 13.0 Å². The highest BCUT2D eigenvalue weighted by atomic mass is 16.1. The first kappa shape index (κ1) is 9.58. The van der Waals surface area contributed by atoms with Crippen molar-refractivity contribution in [3.8, 4) is 0 Å². The predicted molar refractivity (Wildman–Crippen MR) is 60.7 cm³/mol. The Kier molecular flexibility index (Phi) is 2.33. The normalized spacial score (nSPS) is 10.5. The Hall–Kier alpha value is -1.97. The van der Waals surface area contributed by atoms with Crippen molar-refractivity contribution in [3.63, 3.8) is 0 Å². The molecule has 0 aliphatic carbocycles. The molecular weight excluding hydrogens is 190 g/mol. The number of H-pyrrole nitrogens is 1. The number of aromatic nitrogens is 1. The Morgan fingerprint density at radius 3 is 3.07 bits per heavy atom.